The monoisotopic (exact) mass is 265 g/mol. The Morgan fingerprint density at radius 3 is 2.32 bits per heavy atom. The average Bonchev–Trinajstić information content (AvgIpc) is 2.98. The molecule has 0 N–H and O–H groups in total. The van der Waals surface area contributed by atoms with Gasteiger partial charge in [-0.3, -0.25) is 0 Å². The van der Waals surface area contributed by atoms with Gasteiger partial charge in [-0.2, -0.15) is 0 Å². The fourth-order valence-electron chi connectivity index (χ4n) is 2.03. The molecule has 2 heteroatoms. The highest BCUT2D eigenvalue weighted by atomic mass is 32.1. The Hall–Kier alpha value is -1.93. The van der Waals surface area contributed by atoms with Crippen LogP contribution in [0.3, 0.4) is 0 Å². The van der Waals surface area contributed by atoms with E-state index in [1.54, 1.807) is 11.3 Å². The summed E-state index contributed by atoms with van der Waals surface area (Å²) in [6.45, 7) is 2.17. The minimum absolute atomic E-state index is 1.06. The lowest BCUT2D eigenvalue weighted by Gasteiger charge is -1.99. The van der Waals surface area contributed by atoms with Crippen molar-refractivity contribution in [1.29, 1.82) is 0 Å². The number of hydrogen-bond acceptors (Lipinski definition) is 2. The zero-order chi connectivity index (χ0) is 13.1. The second-order valence-electron chi connectivity index (χ2n) is 4.45. The van der Waals surface area contributed by atoms with Gasteiger partial charge in [0.2, 0.25) is 0 Å². The summed E-state index contributed by atoms with van der Waals surface area (Å²) in [7, 11) is 0. The van der Waals surface area contributed by atoms with Gasteiger partial charge >= 0.3 is 0 Å². The van der Waals surface area contributed by atoms with Crippen LogP contribution in [0.25, 0.3) is 21.8 Å². The Morgan fingerprint density at radius 1 is 0.895 bits per heavy atom. The Labute approximate surface area is 117 Å². The zero-order valence-electron chi connectivity index (χ0n) is 10.8. The largest absolute Gasteiger partial charge is 0.236 e. The summed E-state index contributed by atoms with van der Waals surface area (Å²) < 4.78 is 0. The minimum Gasteiger partial charge on any atom is -0.236 e. The van der Waals surface area contributed by atoms with Crippen molar-refractivity contribution in [2.75, 3.05) is 0 Å². The van der Waals surface area contributed by atoms with Gasteiger partial charge < -0.3 is 0 Å². The molecule has 1 heterocycles. The number of nitrogens with zero attached hydrogens (tertiary/aromatic N) is 1. The molecular formula is C17H15NS. The zero-order valence-corrected chi connectivity index (χ0v) is 11.7. The molecule has 0 spiro atoms. The van der Waals surface area contributed by atoms with E-state index in [-0.39, 0.29) is 0 Å². The highest BCUT2D eigenvalue weighted by Crippen LogP contribution is 2.28. The lowest BCUT2D eigenvalue weighted by atomic mass is 10.1. The van der Waals surface area contributed by atoms with Crippen LogP contribution in [-0.4, -0.2) is 4.98 Å². The van der Waals surface area contributed by atoms with E-state index in [2.05, 4.69) is 48.7 Å². The molecule has 3 aromatic rings. The van der Waals surface area contributed by atoms with Crippen molar-refractivity contribution in [3.8, 4) is 21.8 Å². The highest BCUT2D eigenvalue weighted by Gasteiger charge is 2.06. The SMILES string of the molecule is CCc1ccc(-c2csc(-c3ccccc3)n2)cc1. The Bertz CT molecular complexity index is 653. The molecule has 2 aromatic carbocycles. The molecule has 1 nitrogen and oxygen atoms in total. The van der Waals surface area contributed by atoms with Crippen molar-refractivity contribution in [2.45, 2.75) is 13.3 Å². The summed E-state index contributed by atoms with van der Waals surface area (Å²) in [6, 6.07) is 19.0. The van der Waals surface area contributed by atoms with Crippen LogP contribution in [0.4, 0.5) is 0 Å². The lowest BCUT2D eigenvalue weighted by Crippen LogP contribution is -1.82. The predicted molar refractivity (Wildman–Crippen MR) is 82.4 cm³/mol. The van der Waals surface area contributed by atoms with E-state index in [1.165, 1.54) is 16.7 Å². The molecule has 0 radical (unpaired) electrons. The van der Waals surface area contributed by atoms with Gasteiger partial charge in [-0.25, -0.2) is 4.98 Å². The van der Waals surface area contributed by atoms with Crippen LogP contribution in [0.5, 0.6) is 0 Å². The molecule has 0 bridgehead atoms. The van der Waals surface area contributed by atoms with Crippen LogP contribution in [0.15, 0.2) is 60.0 Å². The first-order valence-corrected chi connectivity index (χ1v) is 7.35. The van der Waals surface area contributed by atoms with Crippen molar-refractivity contribution in [2.24, 2.45) is 0 Å². The van der Waals surface area contributed by atoms with E-state index < -0.39 is 0 Å². The van der Waals surface area contributed by atoms with Gasteiger partial charge in [-0.15, -0.1) is 11.3 Å². The molecule has 0 fully saturated rings. The van der Waals surface area contributed by atoms with Crippen LogP contribution >= 0.6 is 11.3 Å². The van der Waals surface area contributed by atoms with Crippen molar-refractivity contribution in [1.82, 2.24) is 4.98 Å². The number of rotatable bonds is 3. The van der Waals surface area contributed by atoms with Crippen LogP contribution in [-0.2, 0) is 6.42 Å². The summed E-state index contributed by atoms with van der Waals surface area (Å²) in [5.74, 6) is 0. The third-order valence-electron chi connectivity index (χ3n) is 3.18. The molecule has 3 rings (SSSR count). The number of aromatic nitrogens is 1. The highest BCUT2D eigenvalue weighted by molar-refractivity contribution is 7.13. The molecule has 0 aliphatic carbocycles. The van der Waals surface area contributed by atoms with Gasteiger partial charge in [-0.1, -0.05) is 61.5 Å². The molecule has 0 saturated carbocycles. The van der Waals surface area contributed by atoms with Gasteiger partial charge in [0, 0.05) is 16.5 Å². The Kier molecular flexibility index (Phi) is 3.43. The molecular weight excluding hydrogens is 250 g/mol. The summed E-state index contributed by atoms with van der Waals surface area (Å²) in [6.07, 6.45) is 1.08. The molecule has 0 aliphatic rings. The van der Waals surface area contributed by atoms with Crippen molar-refractivity contribution >= 4 is 11.3 Å². The topological polar surface area (TPSA) is 12.9 Å². The van der Waals surface area contributed by atoms with Crippen molar-refractivity contribution in [3.63, 3.8) is 0 Å². The standard InChI is InChI=1S/C17H15NS/c1-2-13-8-10-14(11-9-13)16-12-19-17(18-16)15-6-4-3-5-7-15/h3-12H,2H2,1H3. The van der Waals surface area contributed by atoms with Crippen LogP contribution < -0.4 is 0 Å². The quantitative estimate of drug-likeness (QED) is 0.646. The van der Waals surface area contributed by atoms with E-state index in [0.717, 1.165) is 17.1 Å². The first-order chi connectivity index (χ1) is 9.36. The lowest BCUT2D eigenvalue weighted by molar-refractivity contribution is 1.14. The molecule has 0 saturated heterocycles. The molecule has 19 heavy (non-hydrogen) atoms. The minimum atomic E-state index is 1.06. The first-order valence-electron chi connectivity index (χ1n) is 6.47. The first kappa shape index (κ1) is 12.1. The summed E-state index contributed by atoms with van der Waals surface area (Å²) >= 11 is 1.70. The number of aryl methyl sites for hydroxylation is 1. The summed E-state index contributed by atoms with van der Waals surface area (Å²) in [5.41, 5.74) is 4.80. The molecule has 94 valence electrons. The van der Waals surface area contributed by atoms with Gasteiger partial charge in [0.05, 0.1) is 5.69 Å². The van der Waals surface area contributed by atoms with Crippen LogP contribution in [0, 0.1) is 0 Å². The summed E-state index contributed by atoms with van der Waals surface area (Å²) in [4.78, 5) is 4.72. The number of hydrogen-bond donors (Lipinski definition) is 0. The number of benzene rings is 2. The maximum atomic E-state index is 4.72. The van der Waals surface area contributed by atoms with Crippen LogP contribution in [0.1, 0.15) is 12.5 Å². The fraction of sp³-hybridized carbons (Fsp3) is 0.118. The second-order valence-corrected chi connectivity index (χ2v) is 5.31. The van der Waals surface area contributed by atoms with Gasteiger partial charge in [-0.05, 0) is 12.0 Å². The Balaban J connectivity index is 1.92. The molecule has 0 atom stereocenters. The smallest absolute Gasteiger partial charge is 0.124 e. The maximum absolute atomic E-state index is 4.72. The average molecular weight is 265 g/mol. The number of thiazole rings is 1. The van der Waals surface area contributed by atoms with E-state index >= 15 is 0 Å². The van der Waals surface area contributed by atoms with E-state index in [9.17, 15) is 0 Å². The van der Waals surface area contributed by atoms with E-state index in [0.29, 0.717) is 0 Å². The molecule has 0 aliphatic heterocycles. The molecule has 0 amide bonds. The Morgan fingerprint density at radius 2 is 1.63 bits per heavy atom. The second kappa shape index (κ2) is 5.37. The van der Waals surface area contributed by atoms with Crippen molar-refractivity contribution in [3.05, 3.63) is 65.5 Å². The predicted octanol–water partition coefficient (Wildman–Crippen LogP) is 5.04. The van der Waals surface area contributed by atoms with Crippen LogP contribution in [0.2, 0.25) is 0 Å². The third-order valence-corrected chi connectivity index (χ3v) is 4.07. The summed E-state index contributed by atoms with van der Waals surface area (Å²) in [5, 5.41) is 3.21. The molecule has 0 unspecified atom stereocenters. The van der Waals surface area contributed by atoms with E-state index in [1.807, 2.05) is 18.2 Å². The normalized spacial score (nSPS) is 10.6. The third kappa shape index (κ3) is 2.59. The van der Waals surface area contributed by atoms with Gasteiger partial charge in [0.25, 0.3) is 0 Å². The maximum Gasteiger partial charge on any atom is 0.124 e. The van der Waals surface area contributed by atoms with Crippen molar-refractivity contribution < 1.29 is 0 Å². The fourth-order valence-corrected chi connectivity index (χ4v) is 2.87. The van der Waals surface area contributed by atoms with Gasteiger partial charge in [0.1, 0.15) is 5.01 Å². The van der Waals surface area contributed by atoms with Gasteiger partial charge in [0.15, 0.2) is 0 Å². The molecule has 1 aromatic heterocycles. The van der Waals surface area contributed by atoms with E-state index in [4.69, 9.17) is 4.98 Å².